The quantitative estimate of drug-likeness (QED) is 0.357. The molecule has 0 radical (unpaired) electrons. The van der Waals surface area contributed by atoms with Gasteiger partial charge in [-0.05, 0) is 35.7 Å². The molecule has 0 saturated carbocycles. The zero-order valence-corrected chi connectivity index (χ0v) is 15.7. The van der Waals surface area contributed by atoms with E-state index in [0.717, 1.165) is 33.1 Å². The first kappa shape index (κ1) is 19.5. The van der Waals surface area contributed by atoms with Gasteiger partial charge < -0.3 is 10.7 Å². The lowest BCUT2D eigenvalue weighted by Gasteiger charge is -2.09. The lowest BCUT2D eigenvalue weighted by Crippen LogP contribution is -2.39. The molecule has 2 aromatic carbocycles. The fourth-order valence-electron chi connectivity index (χ4n) is 2.94. The van der Waals surface area contributed by atoms with Crippen molar-refractivity contribution in [2.24, 2.45) is 10.8 Å². The highest BCUT2D eigenvalue weighted by atomic mass is 35.5. The summed E-state index contributed by atoms with van der Waals surface area (Å²) in [6.45, 7) is 0. The van der Waals surface area contributed by atoms with E-state index in [9.17, 15) is 4.79 Å². The summed E-state index contributed by atoms with van der Waals surface area (Å²) in [4.78, 5) is 23.9. The number of rotatable bonds is 5. The van der Waals surface area contributed by atoms with Gasteiger partial charge in [-0.1, -0.05) is 24.3 Å². The summed E-state index contributed by atoms with van der Waals surface area (Å²) in [7, 11) is 0. The average Bonchev–Trinajstić information content (AvgIpc) is 3.11. The normalized spacial score (nSPS) is 12.2. The number of nitrogens with one attached hydrogen (secondary N) is 2. The predicted molar refractivity (Wildman–Crippen MR) is 113 cm³/mol. The smallest absolute Gasteiger partial charge is 0.257 e. The van der Waals surface area contributed by atoms with Gasteiger partial charge >= 0.3 is 0 Å². The summed E-state index contributed by atoms with van der Waals surface area (Å²) < 4.78 is 0. The second-order valence-corrected chi connectivity index (χ2v) is 6.21. The molecule has 1 amide bonds. The molecule has 0 unspecified atom stereocenters. The average molecular weight is 395 g/mol. The van der Waals surface area contributed by atoms with Crippen LogP contribution >= 0.6 is 12.4 Å². The first-order valence-electron chi connectivity index (χ1n) is 8.55. The van der Waals surface area contributed by atoms with Crippen LogP contribution < -0.4 is 11.2 Å². The van der Waals surface area contributed by atoms with E-state index >= 15 is 0 Å². The maximum atomic E-state index is 12.2. The number of para-hydroxylation sites is 1. The fourth-order valence-corrected chi connectivity index (χ4v) is 2.94. The van der Waals surface area contributed by atoms with Crippen LogP contribution in [0.25, 0.3) is 21.9 Å². The zero-order valence-electron chi connectivity index (χ0n) is 14.9. The van der Waals surface area contributed by atoms with Crippen molar-refractivity contribution in [3.63, 3.8) is 0 Å². The van der Waals surface area contributed by atoms with Crippen LogP contribution in [0.1, 0.15) is 11.1 Å². The maximum Gasteiger partial charge on any atom is 0.257 e. The third-order valence-corrected chi connectivity index (χ3v) is 4.33. The van der Waals surface area contributed by atoms with Crippen LogP contribution in [0.4, 0.5) is 0 Å². The molecule has 28 heavy (non-hydrogen) atoms. The van der Waals surface area contributed by atoms with E-state index in [1.807, 2.05) is 48.7 Å². The maximum absolute atomic E-state index is 12.2. The highest BCUT2D eigenvalue weighted by Gasteiger charge is 2.15. The Hall–Kier alpha value is -3.29. The van der Waals surface area contributed by atoms with Gasteiger partial charge in [0.1, 0.15) is 0 Å². The number of hydrogen-bond donors (Lipinski definition) is 3. The molecular weight excluding hydrogens is 376 g/mol. The van der Waals surface area contributed by atoms with Crippen LogP contribution in [0.5, 0.6) is 0 Å². The molecule has 142 valence electrons. The van der Waals surface area contributed by atoms with Gasteiger partial charge in [-0.15, -0.1) is 12.4 Å². The largest absolute Gasteiger partial charge is 0.361 e. The lowest BCUT2D eigenvalue weighted by atomic mass is 10.1. The van der Waals surface area contributed by atoms with Gasteiger partial charge in [0.05, 0.1) is 23.3 Å². The highest BCUT2D eigenvalue weighted by Crippen LogP contribution is 2.18. The molecule has 0 bridgehead atoms. The molecule has 7 nitrogen and oxygen atoms in total. The Labute approximate surface area is 167 Å². The molecule has 0 aliphatic heterocycles. The zero-order chi connectivity index (χ0) is 18.6. The second kappa shape index (κ2) is 8.60. The van der Waals surface area contributed by atoms with Gasteiger partial charge in [-0.3, -0.25) is 14.8 Å². The van der Waals surface area contributed by atoms with E-state index in [4.69, 9.17) is 5.73 Å². The van der Waals surface area contributed by atoms with Crippen molar-refractivity contribution in [2.45, 2.75) is 12.5 Å². The molecular formula is C20H19ClN6O. The number of aromatic nitrogens is 3. The molecule has 1 atom stereocenters. The second-order valence-electron chi connectivity index (χ2n) is 6.21. The number of fused-ring (bicyclic) bond motifs is 2. The number of amides is 1. The highest BCUT2D eigenvalue weighted by molar-refractivity contribution is 5.89. The van der Waals surface area contributed by atoms with Crippen LogP contribution in [0.15, 0.2) is 66.2 Å². The molecule has 4 N–H and O–H groups in total. The van der Waals surface area contributed by atoms with Crippen LogP contribution in [-0.4, -0.2) is 33.1 Å². The molecule has 0 aliphatic carbocycles. The lowest BCUT2D eigenvalue weighted by molar-refractivity contribution is -0.122. The van der Waals surface area contributed by atoms with E-state index in [0.29, 0.717) is 6.42 Å². The van der Waals surface area contributed by atoms with E-state index in [-0.39, 0.29) is 18.3 Å². The Morgan fingerprint density at radius 2 is 1.96 bits per heavy atom. The Balaban J connectivity index is 0.00000225. The Bertz CT molecular complexity index is 1140. The summed E-state index contributed by atoms with van der Waals surface area (Å²) in [6.07, 6.45) is 7.15. The van der Waals surface area contributed by atoms with Crippen molar-refractivity contribution in [1.29, 1.82) is 0 Å². The Morgan fingerprint density at radius 1 is 1.18 bits per heavy atom. The minimum Gasteiger partial charge on any atom is -0.361 e. The predicted octanol–water partition coefficient (Wildman–Crippen LogP) is 2.55. The van der Waals surface area contributed by atoms with E-state index in [1.165, 1.54) is 0 Å². The van der Waals surface area contributed by atoms with Gasteiger partial charge in [-0.2, -0.15) is 5.10 Å². The van der Waals surface area contributed by atoms with Crippen molar-refractivity contribution in [3.8, 4) is 0 Å². The number of hydrogen-bond acceptors (Lipinski definition) is 5. The van der Waals surface area contributed by atoms with Gasteiger partial charge in [0, 0.05) is 29.5 Å². The van der Waals surface area contributed by atoms with Crippen LogP contribution in [0.2, 0.25) is 0 Å². The molecule has 0 aliphatic rings. The monoisotopic (exact) mass is 394 g/mol. The summed E-state index contributed by atoms with van der Waals surface area (Å²) >= 11 is 0. The minimum atomic E-state index is -0.691. The van der Waals surface area contributed by atoms with E-state index in [1.54, 1.807) is 18.6 Å². The first-order chi connectivity index (χ1) is 13.2. The minimum absolute atomic E-state index is 0. The van der Waals surface area contributed by atoms with Crippen molar-refractivity contribution in [1.82, 2.24) is 20.4 Å². The molecule has 8 heteroatoms. The van der Waals surface area contributed by atoms with Gasteiger partial charge in [0.15, 0.2) is 0 Å². The molecule has 0 saturated heterocycles. The van der Waals surface area contributed by atoms with Gasteiger partial charge in [-0.25, -0.2) is 5.43 Å². The number of nitrogens with zero attached hydrogens (tertiary/aromatic N) is 3. The van der Waals surface area contributed by atoms with E-state index < -0.39 is 6.04 Å². The number of benzene rings is 2. The molecule has 0 spiro atoms. The summed E-state index contributed by atoms with van der Waals surface area (Å²) in [5, 5.41) is 5.07. The van der Waals surface area contributed by atoms with Crippen molar-refractivity contribution in [3.05, 3.63) is 72.2 Å². The summed E-state index contributed by atoms with van der Waals surface area (Å²) in [6, 6.07) is 12.8. The number of carbonyl (C=O) groups excluding carboxylic acids is 1. The number of nitrogens with two attached hydrogens (primary N) is 1. The third kappa shape index (κ3) is 4.16. The topological polar surface area (TPSA) is 109 Å². The molecule has 0 fully saturated rings. The molecule has 4 rings (SSSR count). The number of H-pyrrole nitrogens is 1. The van der Waals surface area contributed by atoms with Crippen molar-refractivity contribution < 1.29 is 4.79 Å². The van der Waals surface area contributed by atoms with E-state index in [2.05, 4.69) is 25.5 Å². The Kier molecular flexibility index (Phi) is 5.98. The fraction of sp³-hybridized carbons (Fsp3) is 0.100. The van der Waals surface area contributed by atoms with Crippen molar-refractivity contribution >= 4 is 46.5 Å². The standard InChI is InChI=1S/C20H18N6O.ClH/c21-16(10-14-12-24-17-4-2-1-3-15(14)17)20(27)26-25-11-13-5-6-18-19(9-13)23-8-7-22-18;/h1-9,11-12,16,24H,10,21H2,(H,26,27);1H/b25-11+;/t16-;/m1./s1. The SMILES string of the molecule is Cl.N[C@H](Cc1c[nH]c2ccccc12)C(=O)N/N=C/c1ccc2nccnc2c1. The molecule has 4 aromatic rings. The first-order valence-corrected chi connectivity index (χ1v) is 8.55. The van der Waals surface area contributed by atoms with Crippen LogP contribution in [0.3, 0.4) is 0 Å². The number of halogens is 1. The van der Waals surface area contributed by atoms with Crippen LogP contribution in [0, 0.1) is 0 Å². The van der Waals surface area contributed by atoms with Crippen LogP contribution in [-0.2, 0) is 11.2 Å². The van der Waals surface area contributed by atoms with Crippen molar-refractivity contribution in [2.75, 3.05) is 0 Å². The molecule has 2 heterocycles. The number of carbonyl (C=O) groups is 1. The number of aromatic amines is 1. The summed E-state index contributed by atoms with van der Waals surface area (Å²) in [5.41, 5.74) is 13.0. The summed E-state index contributed by atoms with van der Waals surface area (Å²) in [5.74, 6) is -0.336. The number of hydrazone groups is 1. The third-order valence-electron chi connectivity index (χ3n) is 4.33. The Morgan fingerprint density at radius 3 is 2.82 bits per heavy atom. The van der Waals surface area contributed by atoms with Gasteiger partial charge in [0.25, 0.3) is 5.91 Å². The molecule has 2 aromatic heterocycles. The van der Waals surface area contributed by atoms with Gasteiger partial charge in [0.2, 0.25) is 0 Å².